The van der Waals surface area contributed by atoms with Crippen molar-refractivity contribution in [2.24, 2.45) is 5.92 Å². The van der Waals surface area contributed by atoms with Crippen molar-refractivity contribution < 1.29 is 4.79 Å². The predicted octanol–water partition coefficient (Wildman–Crippen LogP) is 2.21. The van der Waals surface area contributed by atoms with Gasteiger partial charge in [0, 0.05) is 12.6 Å². The zero-order valence-electron chi connectivity index (χ0n) is 8.62. The first kappa shape index (κ1) is 10.3. The minimum Gasteiger partial charge on any atom is -0.336 e. The highest BCUT2D eigenvalue weighted by Gasteiger charge is 2.26. The third-order valence-corrected chi connectivity index (χ3v) is 3.01. The summed E-state index contributed by atoms with van der Waals surface area (Å²) in [5.74, 6) is 0.783. The Kier molecular flexibility index (Phi) is 3.52. The molecule has 2 nitrogen and oxygen atoms in total. The molecular weight excluding hydrogens is 162 g/mol. The second-order valence-corrected chi connectivity index (χ2v) is 3.90. The maximum atomic E-state index is 11.4. The fourth-order valence-corrected chi connectivity index (χ4v) is 1.94. The molecular formula is C11H19NO. The summed E-state index contributed by atoms with van der Waals surface area (Å²) in [7, 11) is 0. The molecule has 2 heteroatoms. The van der Waals surface area contributed by atoms with Gasteiger partial charge in [-0.2, -0.15) is 0 Å². The van der Waals surface area contributed by atoms with Crippen molar-refractivity contribution in [2.45, 2.75) is 39.2 Å². The van der Waals surface area contributed by atoms with E-state index in [0.29, 0.717) is 12.0 Å². The van der Waals surface area contributed by atoms with Crippen LogP contribution in [0.5, 0.6) is 0 Å². The third-order valence-electron chi connectivity index (χ3n) is 3.01. The molecule has 1 unspecified atom stereocenters. The smallest absolute Gasteiger partial charge is 0.246 e. The van der Waals surface area contributed by atoms with Crippen LogP contribution in [0.15, 0.2) is 12.7 Å². The number of carbonyl (C=O) groups is 1. The number of piperidine rings is 1. The van der Waals surface area contributed by atoms with Gasteiger partial charge in [-0.05, 0) is 31.8 Å². The number of likely N-dealkylation sites (tertiary alicyclic amines) is 1. The van der Waals surface area contributed by atoms with E-state index in [0.717, 1.165) is 13.0 Å². The molecule has 0 aromatic heterocycles. The highest BCUT2D eigenvalue weighted by molar-refractivity contribution is 5.87. The topological polar surface area (TPSA) is 20.3 Å². The van der Waals surface area contributed by atoms with E-state index < -0.39 is 0 Å². The Balaban J connectivity index is 2.59. The molecule has 74 valence electrons. The van der Waals surface area contributed by atoms with Gasteiger partial charge in [-0.1, -0.05) is 19.9 Å². The molecule has 1 aliphatic heterocycles. The summed E-state index contributed by atoms with van der Waals surface area (Å²) in [6, 6.07) is 0.397. The number of hydrogen-bond acceptors (Lipinski definition) is 1. The summed E-state index contributed by atoms with van der Waals surface area (Å²) in [6.45, 7) is 8.76. The second kappa shape index (κ2) is 4.45. The Morgan fingerprint density at radius 2 is 2.31 bits per heavy atom. The van der Waals surface area contributed by atoms with E-state index in [1.54, 1.807) is 0 Å². The van der Waals surface area contributed by atoms with Crippen LogP contribution < -0.4 is 0 Å². The first-order valence-corrected chi connectivity index (χ1v) is 5.12. The number of hydrogen-bond donors (Lipinski definition) is 0. The van der Waals surface area contributed by atoms with Gasteiger partial charge in [0.2, 0.25) is 5.91 Å². The molecule has 1 saturated heterocycles. The van der Waals surface area contributed by atoms with Crippen molar-refractivity contribution in [1.82, 2.24) is 4.90 Å². The van der Waals surface area contributed by atoms with E-state index in [1.165, 1.54) is 18.9 Å². The summed E-state index contributed by atoms with van der Waals surface area (Å²) in [5, 5.41) is 0. The Morgan fingerprint density at radius 1 is 1.62 bits per heavy atom. The van der Waals surface area contributed by atoms with Crippen LogP contribution in [0.1, 0.15) is 33.1 Å². The van der Waals surface area contributed by atoms with Crippen LogP contribution in [0, 0.1) is 5.92 Å². The van der Waals surface area contributed by atoms with Crippen molar-refractivity contribution in [3.05, 3.63) is 12.7 Å². The summed E-state index contributed by atoms with van der Waals surface area (Å²) >= 11 is 0. The number of carbonyl (C=O) groups excluding carboxylic acids is 1. The molecule has 1 fully saturated rings. The number of rotatable bonds is 2. The van der Waals surface area contributed by atoms with Gasteiger partial charge in [0.05, 0.1) is 0 Å². The molecule has 1 rings (SSSR count). The Morgan fingerprint density at radius 3 is 2.85 bits per heavy atom. The van der Waals surface area contributed by atoms with E-state index >= 15 is 0 Å². The minimum absolute atomic E-state index is 0.0886. The standard InChI is InChI=1S/C11H19NO/c1-4-10-7-6-9(3)12(8-10)11(13)5-2/h5,9-10H,2,4,6-8H2,1,3H3/t9-,10?/m0/s1. The maximum absolute atomic E-state index is 11.4. The molecule has 1 aliphatic rings. The molecule has 0 bridgehead atoms. The first-order chi connectivity index (χ1) is 6.19. The monoisotopic (exact) mass is 181 g/mol. The largest absolute Gasteiger partial charge is 0.336 e. The van der Waals surface area contributed by atoms with Crippen LogP contribution in [-0.4, -0.2) is 23.4 Å². The molecule has 13 heavy (non-hydrogen) atoms. The SMILES string of the molecule is C=CC(=O)N1CC(CC)CC[C@@H]1C. The molecule has 0 aromatic rings. The van der Waals surface area contributed by atoms with Crippen LogP contribution in [0.3, 0.4) is 0 Å². The van der Waals surface area contributed by atoms with E-state index in [-0.39, 0.29) is 5.91 Å². The minimum atomic E-state index is 0.0886. The zero-order chi connectivity index (χ0) is 9.84. The van der Waals surface area contributed by atoms with Gasteiger partial charge >= 0.3 is 0 Å². The average molecular weight is 181 g/mol. The molecule has 0 N–H and O–H groups in total. The van der Waals surface area contributed by atoms with Gasteiger partial charge in [-0.15, -0.1) is 0 Å². The van der Waals surface area contributed by atoms with Crippen molar-refractivity contribution in [3.63, 3.8) is 0 Å². The van der Waals surface area contributed by atoms with Crippen molar-refractivity contribution in [2.75, 3.05) is 6.54 Å². The molecule has 2 atom stereocenters. The van der Waals surface area contributed by atoms with Gasteiger partial charge in [0.1, 0.15) is 0 Å². The van der Waals surface area contributed by atoms with Gasteiger partial charge in [-0.25, -0.2) is 0 Å². The van der Waals surface area contributed by atoms with Crippen LogP contribution in [0.4, 0.5) is 0 Å². The number of nitrogens with zero attached hydrogens (tertiary/aromatic N) is 1. The quantitative estimate of drug-likeness (QED) is 0.598. The van der Waals surface area contributed by atoms with E-state index in [2.05, 4.69) is 20.4 Å². The lowest BCUT2D eigenvalue weighted by atomic mass is 9.91. The molecule has 0 spiro atoms. The normalized spacial score (nSPS) is 28.6. The van der Waals surface area contributed by atoms with E-state index in [1.807, 2.05) is 4.90 Å². The van der Waals surface area contributed by atoms with E-state index in [4.69, 9.17) is 0 Å². The third kappa shape index (κ3) is 2.33. The van der Waals surface area contributed by atoms with Crippen molar-refractivity contribution in [1.29, 1.82) is 0 Å². The fourth-order valence-electron chi connectivity index (χ4n) is 1.94. The molecule has 0 aliphatic carbocycles. The average Bonchev–Trinajstić information content (AvgIpc) is 2.17. The molecule has 0 saturated carbocycles. The predicted molar refractivity (Wildman–Crippen MR) is 54.4 cm³/mol. The lowest BCUT2D eigenvalue weighted by Crippen LogP contribution is -2.44. The second-order valence-electron chi connectivity index (χ2n) is 3.90. The lowest BCUT2D eigenvalue weighted by Gasteiger charge is -2.37. The van der Waals surface area contributed by atoms with Gasteiger partial charge < -0.3 is 4.90 Å². The van der Waals surface area contributed by atoms with Crippen LogP contribution in [0.2, 0.25) is 0 Å². The summed E-state index contributed by atoms with van der Waals surface area (Å²) in [6.07, 6.45) is 5.00. The Labute approximate surface area is 80.6 Å². The van der Waals surface area contributed by atoms with Gasteiger partial charge in [-0.3, -0.25) is 4.79 Å². The summed E-state index contributed by atoms with van der Waals surface area (Å²) in [4.78, 5) is 13.4. The van der Waals surface area contributed by atoms with Crippen LogP contribution in [-0.2, 0) is 4.79 Å². The maximum Gasteiger partial charge on any atom is 0.246 e. The molecule has 1 amide bonds. The summed E-state index contributed by atoms with van der Waals surface area (Å²) in [5.41, 5.74) is 0. The highest BCUT2D eigenvalue weighted by atomic mass is 16.2. The lowest BCUT2D eigenvalue weighted by molar-refractivity contribution is -0.130. The fraction of sp³-hybridized carbons (Fsp3) is 0.727. The molecule has 0 radical (unpaired) electrons. The first-order valence-electron chi connectivity index (χ1n) is 5.12. The van der Waals surface area contributed by atoms with Gasteiger partial charge in [0.15, 0.2) is 0 Å². The van der Waals surface area contributed by atoms with Crippen molar-refractivity contribution >= 4 is 5.91 Å². The Hall–Kier alpha value is -0.790. The van der Waals surface area contributed by atoms with Crippen molar-refractivity contribution in [3.8, 4) is 0 Å². The molecule has 1 heterocycles. The van der Waals surface area contributed by atoms with Crippen LogP contribution >= 0.6 is 0 Å². The summed E-state index contributed by atoms with van der Waals surface area (Å²) < 4.78 is 0. The Bertz CT molecular complexity index is 200. The zero-order valence-corrected chi connectivity index (χ0v) is 8.62. The van der Waals surface area contributed by atoms with E-state index in [9.17, 15) is 4.79 Å². The molecule has 0 aromatic carbocycles. The highest BCUT2D eigenvalue weighted by Crippen LogP contribution is 2.23. The number of amides is 1. The van der Waals surface area contributed by atoms with Crippen LogP contribution in [0.25, 0.3) is 0 Å². The van der Waals surface area contributed by atoms with Gasteiger partial charge in [0.25, 0.3) is 0 Å².